The minimum absolute atomic E-state index is 0.452. The van der Waals surface area contributed by atoms with Crippen molar-refractivity contribution >= 4 is 11.8 Å². The van der Waals surface area contributed by atoms with Gasteiger partial charge in [0.2, 0.25) is 0 Å². The van der Waals surface area contributed by atoms with Crippen LogP contribution in [-0.4, -0.2) is 19.0 Å². The standard InChI is InChI=1S/C17H19NO2S/c1-19-15-7-6-12(10-18)8-16(15)20-11-14-9-13-4-2-3-5-17(13)21-14/h2-8,14H,9-11,18H2,1H3. The normalized spacial score (nSPS) is 16.6. The molecule has 1 aliphatic rings. The van der Waals surface area contributed by atoms with Crippen molar-refractivity contribution in [3.8, 4) is 11.5 Å². The van der Waals surface area contributed by atoms with Gasteiger partial charge >= 0.3 is 0 Å². The zero-order chi connectivity index (χ0) is 14.7. The summed E-state index contributed by atoms with van der Waals surface area (Å²) in [7, 11) is 1.66. The quantitative estimate of drug-likeness (QED) is 0.921. The van der Waals surface area contributed by atoms with E-state index in [4.69, 9.17) is 15.2 Å². The number of nitrogens with two attached hydrogens (primary N) is 1. The number of hydrogen-bond acceptors (Lipinski definition) is 4. The highest BCUT2D eigenvalue weighted by Gasteiger charge is 2.22. The van der Waals surface area contributed by atoms with E-state index in [1.165, 1.54) is 10.5 Å². The maximum atomic E-state index is 5.98. The first-order chi connectivity index (χ1) is 10.3. The molecule has 0 radical (unpaired) electrons. The van der Waals surface area contributed by atoms with E-state index >= 15 is 0 Å². The van der Waals surface area contributed by atoms with Crippen LogP contribution < -0.4 is 15.2 Å². The molecule has 1 heterocycles. The maximum Gasteiger partial charge on any atom is 0.161 e. The average molecular weight is 301 g/mol. The summed E-state index contributed by atoms with van der Waals surface area (Å²) in [6.45, 7) is 1.17. The predicted molar refractivity (Wildman–Crippen MR) is 86.2 cm³/mol. The van der Waals surface area contributed by atoms with Crippen molar-refractivity contribution in [3.63, 3.8) is 0 Å². The van der Waals surface area contributed by atoms with Gasteiger partial charge < -0.3 is 15.2 Å². The van der Waals surface area contributed by atoms with Crippen molar-refractivity contribution < 1.29 is 9.47 Å². The summed E-state index contributed by atoms with van der Waals surface area (Å²) in [5.74, 6) is 1.53. The Bertz CT molecular complexity index is 605. The number of fused-ring (bicyclic) bond motifs is 1. The maximum absolute atomic E-state index is 5.98. The first kappa shape index (κ1) is 14.3. The number of methoxy groups -OCH3 is 1. The van der Waals surface area contributed by atoms with Crippen LogP contribution in [0.25, 0.3) is 0 Å². The second-order valence-corrected chi connectivity index (χ2v) is 6.39. The van der Waals surface area contributed by atoms with Gasteiger partial charge in [0.15, 0.2) is 11.5 Å². The highest BCUT2D eigenvalue weighted by Crippen LogP contribution is 2.37. The predicted octanol–water partition coefficient (Wildman–Crippen LogP) is 3.25. The van der Waals surface area contributed by atoms with E-state index in [-0.39, 0.29) is 0 Å². The van der Waals surface area contributed by atoms with Gasteiger partial charge in [0.05, 0.1) is 7.11 Å². The van der Waals surface area contributed by atoms with Gasteiger partial charge in [-0.2, -0.15) is 0 Å². The van der Waals surface area contributed by atoms with Crippen molar-refractivity contribution in [2.75, 3.05) is 13.7 Å². The summed E-state index contributed by atoms with van der Waals surface area (Å²) in [6.07, 6.45) is 1.06. The Morgan fingerprint density at radius 2 is 2.05 bits per heavy atom. The van der Waals surface area contributed by atoms with Gasteiger partial charge in [0.1, 0.15) is 6.61 Å². The van der Waals surface area contributed by atoms with E-state index in [0.29, 0.717) is 18.4 Å². The number of benzene rings is 2. The molecule has 1 unspecified atom stereocenters. The van der Waals surface area contributed by atoms with Gasteiger partial charge in [-0.05, 0) is 35.7 Å². The lowest BCUT2D eigenvalue weighted by molar-refractivity contribution is 0.294. The Labute approximate surface area is 129 Å². The molecule has 0 saturated carbocycles. The van der Waals surface area contributed by atoms with Gasteiger partial charge in [-0.25, -0.2) is 0 Å². The first-order valence-corrected chi connectivity index (χ1v) is 7.92. The molecule has 4 heteroatoms. The van der Waals surface area contributed by atoms with Crippen LogP contribution in [0.2, 0.25) is 0 Å². The Morgan fingerprint density at radius 3 is 2.81 bits per heavy atom. The summed E-state index contributed by atoms with van der Waals surface area (Å²) in [6, 6.07) is 14.4. The second-order valence-electron chi connectivity index (χ2n) is 5.05. The minimum Gasteiger partial charge on any atom is -0.493 e. The zero-order valence-corrected chi connectivity index (χ0v) is 12.9. The van der Waals surface area contributed by atoms with Gasteiger partial charge in [0, 0.05) is 16.7 Å². The summed E-state index contributed by atoms with van der Waals surface area (Å²) in [5, 5.41) is 0.452. The molecule has 0 aliphatic carbocycles. The molecule has 0 fully saturated rings. The SMILES string of the molecule is COc1ccc(CN)cc1OCC1Cc2ccccc2S1. The van der Waals surface area contributed by atoms with E-state index in [9.17, 15) is 0 Å². The molecule has 1 atom stereocenters. The minimum atomic E-state index is 0.452. The third-order valence-corrected chi connectivity index (χ3v) is 4.89. The van der Waals surface area contributed by atoms with Crippen LogP contribution in [-0.2, 0) is 13.0 Å². The topological polar surface area (TPSA) is 44.5 Å². The fourth-order valence-electron chi connectivity index (χ4n) is 2.49. The number of hydrogen-bond donors (Lipinski definition) is 1. The zero-order valence-electron chi connectivity index (χ0n) is 12.0. The first-order valence-electron chi connectivity index (χ1n) is 7.04. The van der Waals surface area contributed by atoms with E-state index < -0.39 is 0 Å². The summed E-state index contributed by atoms with van der Waals surface area (Å²) >= 11 is 1.89. The molecule has 2 aromatic rings. The van der Waals surface area contributed by atoms with Gasteiger partial charge in [-0.15, -0.1) is 11.8 Å². The number of rotatable bonds is 5. The van der Waals surface area contributed by atoms with E-state index in [1.54, 1.807) is 7.11 Å². The monoisotopic (exact) mass is 301 g/mol. The molecule has 0 amide bonds. The molecule has 3 nitrogen and oxygen atoms in total. The average Bonchev–Trinajstić information content (AvgIpc) is 2.95. The molecule has 2 N–H and O–H groups in total. The van der Waals surface area contributed by atoms with E-state index in [1.807, 2.05) is 30.0 Å². The molecule has 3 rings (SSSR count). The molecule has 21 heavy (non-hydrogen) atoms. The van der Waals surface area contributed by atoms with Crippen LogP contribution in [0.5, 0.6) is 11.5 Å². The lowest BCUT2D eigenvalue weighted by Gasteiger charge is -2.14. The van der Waals surface area contributed by atoms with Crippen molar-refractivity contribution in [1.29, 1.82) is 0 Å². The van der Waals surface area contributed by atoms with Gasteiger partial charge in [-0.3, -0.25) is 0 Å². The molecule has 0 aromatic heterocycles. The Hall–Kier alpha value is -1.65. The van der Waals surface area contributed by atoms with Crippen LogP contribution in [0.4, 0.5) is 0 Å². The number of thioether (sulfide) groups is 1. The number of ether oxygens (including phenoxy) is 2. The Balaban J connectivity index is 1.66. The molecule has 0 bridgehead atoms. The lowest BCUT2D eigenvalue weighted by atomic mass is 10.1. The molecular weight excluding hydrogens is 282 g/mol. The van der Waals surface area contributed by atoms with Crippen LogP contribution in [0.1, 0.15) is 11.1 Å². The van der Waals surface area contributed by atoms with E-state index in [2.05, 4.69) is 24.3 Å². The summed E-state index contributed by atoms with van der Waals surface area (Å²) in [5.41, 5.74) is 8.15. The fraction of sp³-hybridized carbons (Fsp3) is 0.294. The molecular formula is C17H19NO2S. The highest BCUT2D eigenvalue weighted by molar-refractivity contribution is 8.00. The fourth-order valence-corrected chi connectivity index (χ4v) is 3.71. The lowest BCUT2D eigenvalue weighted by Crippen LogP contribution is -2.14. The molecule has 1 aliphatic heterocycles. The third-order valence-electron chi connectivity index (χ3n) is 3.60. The smallest absolute Gasteiger partial charge is 0.161 e. The summed E-state index contributed by atoms with van der Waals surface area (Å²) in [4.78, 5) is 1.37. The van der Waals surface area contributed by atoms with Crippen molar-refractivity contribution in [2.45, 2.75) is 23.1 Å². The van der Waals surface area contributed by atoms with Crippen LogP contribution in [0, 0.1) is 0 Å². The second kappa shape index (κ2) is 6.41. The Morgan fingerprint density at radius 1 is 1.19 bits per heavy atom. The van der Waals surface area contributed by atoms with Crippen LogP contribution in [0.3, 0.4) is 0 Å². The van der Waals surface area contributed by atoms with Crippen molar-refractivity contribution in [2.24, 2.45) is 5.73 Å². The van der Waals surface area contributed by atoms with Crippen molar-refractivity contribution in [1.82, 2.24) is 0 Å². The molecule has 0 spiro atoms. The molecule has 0 saturated heterocycles. The van der Waals surface area contributed by atoms with Gasteiger partial charge in [-0.1, -0.05) is 24.3 Å². The van der Waals surface area contributed by atoms with Crippen LogP contribution in [0.15, 0.2) is 47.4 Å². The molecule has 2 aromatic carbocycles. The third kappa shape index (κ3) is 3.17. The van der Waals surface area contributed by atoms with E-state index in [0.717, 1.165) is 23.5 Å². The van der Waals surface area contributed by atoms with Crippen LogP contribution >= 0.6 is 11.8 Å². The summed E-state index contributed by atoms with van der Waals surface area (Å²) < 4.78 is 11.3. The van der Waals surface area contributed by atoms with Crippen molar-refractivity contribution in [3.05, 3.63) is 53.6 Å². The van der Waals surface area contributed by atoms with Gasteiger partial charge in [0.25, 0.3) is 0 Å². The largest absolute Gasteiger partial charge is 0.493 e. The molecule has 110 valence electrons. The Kier molecular flexibility index (Phi) is 4.36. The highest BCUT2D eigenvalue weighted by atomic mass is 32.2.